The van der Waals surface area contributed by atoms with Gasteiger partial charge >= 0.3 is 0 Å². The number of fused-ring (bicyclic) bond motifs is 1. The largest absolute Gasteiger partial charge is 0.453 e. The summed E-state index contributed by atoms with van der Waals surface area (Å²) in [5.74, 6) is -0.141. The molecule has 0 radical (unpaired) electrons. The second kappa shape index (κ2) is 7.25. The van der Waals surface area contributed by atoms with Crippen molar-refractivity contribution in [3.8, 4) is 11.5 Å². The molecule has 0 saturated carbocycles. The van der Waals surface area contributed by atoms with E-state index in [9.17, 15) is 12.8 Å². The van der Waals surface area contributed by atoms with Gasteiger partial charge in [0.1, 0.15) is 17.3 Å². The molecular weight excluding hydrogens is 395 g/mol. The van der Waals surface area contributed by atoms with Crippen LogP contribution in [-0.4, -0.2) is 37.5 Å². The van der Waals surface area contributed by atoms with Crippen LogP contribution >= 0.6 is 0 Å². The van der Waals surface area contributed by atoms with Crippen molar-refractivity contribution in [3.05, 3.63) is 65.9 Å². The predicted molar refractivity (Wildman–Crippen MR) is 107 cm³/mol. The highest BCUT2D eigenvalue weighted by Crippen LogP contribution is 2.35. The minimum Gasteiger partial charge on any atom is -0.453 e. The Morgan fingerprint density at radius 3 is 2.69 bits per heavy atom. The summed E-state index contributed by atoms with van der Waals surface area (Å²) in [7, 11) is -3.66. The lowest BCUT2D eigenvalue weighted by Gasteiger charge is -2.26. The summed E-state index contributed by atoms with van der Waals surface area (Å²) >= 11 is 0. The molecule has 0 saturated heterocycles. The molecule has 1 aromatic heterocycles. The van der Waals surface area contributed by atoms with Gasteiger partial charge in [-0.05, 0) is 37.3 Å². The first-order valence-electron chi connectivity index (χ1n) is 8.69. The first-order chi connectivity index (χ1) is 13.8. The number of para-hydroxylation sites is 1. The minimum atomic E-state index is -3.66. The molecule has 1 aliphatic heterocycles. The van der Waals surface area contributed by atoms with Crippen LogP contribution in [0.5, 0.6) is 11.5 Å². The molecule has 0 spiro atoms. The fourth-order valence-electron chi connectivity index (χ4n) is 2.96. The molecule has 0 atom stereocenters. The number of nitrogens with zero attached hydrogens (tertiary/aromatic N) is 4. The Bertz CT molecular complexity index is 1210. The highest BCUT2D eigenvalue weighted by atomic mass is 32.2. The van der Waals surface area contributed by atoms with E-state index >= 15 is 0 Å². The van der Waals surface area contributed by atoms with Crippen LogP contribution in [-0.2, 0) is 9.84 Å². The van der Waals surface area contributed by atoms with Gasteiger partial charge in [0.25, 0.3) is 0 Å². The summed E-state index contributed by atoms with van der Waals surface area (Å²) in [6.45, 7) is 2.24. The van der Waals surface area contributed by atoms with Crippen LogP contribution in [0.3, 0.4) is 0 Å². The maximum absolute atomic E-state index is 14.3. The Morgan fingerprint density at radius 2 is 1.97 bits per heavy atom. The zero-order valence-corrected chi connectivity index (χ0v) is 16.5. The molecule has 9 heteroatoms. The third-order valence-electron chi connectivity index (χ3n) is 4.34. The van der Waals surface area contributed by atoms with Crippen molar-refractivity contribution in [2.45, 2.75) is 11.8 Å². The molecule has 7 nitrogen and oxygen atoms in total. The smallest absolute Gasteiger partial charge is 0.181 e. The van der Waals surface area contributed by atoms with Gasteiger partial charge in [0.05, 0.1) is 23.8 Å². The molecule has 0 N–H and O–H groups in total. The topological polar surface area (TPSA) is 84.8 Å². The standard InChI is InChI=1S/C20H17FN4O3S/c1-13-9-24-19(11-23-13)25-12-22-10-14-8-15(6-7-17(14)25)28-20-16(21)4-3-5-18(20)29(2,26)27/h3-11H,12H2,1-2H3. The molecule has 3 aromatic rings. The number of hydrogen-bond donors (Lipinski definition) is 0. The summed E-state index contributed by atoms with van der Waals surface area (Å²) in [5, 5.41) is 0. The number of rotatable bonds is 4. The normalized spacial score (nSPS) is 13.3. The van der Waals surface area contributed by atoms with Crippen LogP contribution < -0.4 is 9.64 Å². The number of halogens is 1. The molecule has 0 aliphatic carbocycles. The maximum Gasteiger partial charge on any atom is 0.181 e. The van der Waals surface area contributed by atoms with Crippen LogP contribution in [0.2, 0.25) is 0 Å². The number of anilines is 2. The molecule has 4 rings (SSSR count). The number of hydrogen-bond acceptors (Lipinski definition) is 7. The van der Waals surface area contributed by atoms with Crippen molar-refractivity contribution in [1.29, 1.82) is 0 Å². The molecule has 29 heavy (non-hydrogen) atoms. The summed E-state index contributed by atoms with van der Waals surface area (Å²) in [6, 6.07) is 8.90. The van der Waals surface area contributed by atoms with Gasteiger partial charge in [0, 0.05) is 18.0 Å². The van der Waals surface area contributed by atoms with Crippen molar-refractivity contribution in [2.75, 3.05) is 17.8 Å². The Hall–Kier alpha value is -3.33. The van der Waals surface area contributed by atoms with Crippen molar-refractivity contribution in [3.63, 3.8) is 0 Å². The Morgan fingerprint density at radius 1 is 1.14 bits per heavy atom. The van der Waals surface area contributed by atoms with E-state index in [0.29, 0.717) is 18.2 Å². The van der Waals surface area contributed by atoms with Gasteiger partial charge in [-0.2, -0.15) is 0 Å². The van der Waals surface area contributed by atoms with Gasteiger partial charge in [-0.3, -0.25) is 9.98 Å². The van der Waals surface area contributed by atoms with Crippen molar-refractivity contribution in [2.24, 2.45) is 4.99 Å². The monoisotopic (exact) mass is 412 g/mol. The molecule has 0 unspecified atom stereocenters. The second-order valence-corrected chi connectivity index (χ2v) is 8.54. The highest BCUT2D eigenvalue weighted by Gasteiger charge is 2.21. The fourth-order valence-corrected chi connectivity index (χ4v) is 3.76. The molecule has 0 amide bonds. The number of benzene rings is 2. The SMILES string of the molecule is Cc1cnc(N2CN=Cc3cc(Oc4c(F)cccc4S(C)(=O)=O)ccc32)cn1. The first kappa shape index (κ1) is 19.0. The summed E-state index contributed by atoms with van der Waals surface area (Å²) in [6.07, 6.45) is 6.03. The Labute approximate surface area is 167 Å². The lowest BCUT2D eigenvalue weighted by atomic mass is 10.1. The molecule has 2 aromatic carbocycles. The molecule has 148 valence electrons. The van der Waals surface area contributed by atoms with E-state index in [4.69, 9.17) is 4.74 Å². The quantitative estimate of drug-likeness (QED) is 0.650. The van der Waals surface area contributed by atoms with E-state index in [2.05, 4.69) is 15.0 Å². The Balaban J connectivity index is 1.70. The van der Waals surface area contributed by atoms with Crippen molar-refractivity contribution < 1.29 is 17.5 Å². The van der Waals surface area contributed by atoms with Gasteiger partial charge in [-0.15, -0.1) is 0 Å². The highest BCUT2D eigenvalue weighted by molar-refractivity contribution is 7.90. The lowest BCUT2D eigenvalue weighted by Crippen LogP contribution is -2.23. The fraction of sp³-hybridized carbons (Fsp3) is 0.150. The van der Waals surface area contributed by atoms with Crippen LogP contribution in [0.1, 0.15) is 11.3 Å². The average Bonchev–Trinajstić information content (AvgIpc) is 2.69. The summed E-state index contributed by atoms with van der Waals surface area (Å²) in [5.41, 5.74) is 2.38. The van der Waals surface area contributed by atoms with Gasteiger partial charge in [0.15, 0.2) is 27.2 Å². The molecule has 2 heterocycles. The molecular formula is C20H17FN4O3S. The zero-order chi connectivity index (χ0) is 20.6. The van der Waals surface area contributed by atoms with Gasteiger partial charge < -0.3 is 9.64 Å². The van der Waals surface area contributed by atoms with Gasteiger partial charge in [-0.25, -0.2) is 17.8 Å². The third-order valence-corrected chi connectivity index (χ3v) is 5.46. The van der Waals surface area contributed by atoms with Crippen LogP contribution in [0.15, 0.2) is 58.7 Å². The molecule has 0 bridgehead atoms. The number of aromatic nitrogens is 2. The predicted octanol–water partition coefficient (Wildman–Crippen LogP) is 3.65. The van der Waals surface area contributed by atoms with Crippen molar-refractivity contribution in [1.82, 2.24) is 9.97 Å². The number of aryl methyl sites for hydroxylation is 1. The van der Waals surface area contributed by atoms with Crippen LogP contribution in [0.25, 0.3) is 0 Å². The van der Waals surface area contributed by atoms with E-state index < -0.39 is 15.7 Å². The second-order valence-electron chi connectivity index (χ2n) is 6.56. The number of sulfone groups is 1. The van der Waals surface area contributed by atoms with Crippen LogP contribution in [0, 0.1) is 12.7 Å². The third kappa shape index (κ3) is 3.81. The van der Waals surface area contributed by atoms with E-state index in [1.54, 1.807) is 36.8 Å². The Kier molecular flexibility index (Phi) is 4.75. The van der Waals surface area contributed by atoms with E-state index in [0.717, 1.165) is 29.3 Å². The van der Waals surface area contributed by atoms with Crippen LogP contribution in [0.4, 0.5) is 15.9 Å². The number of ether oxygens (including phenoxy) is 1. The zero-order valence-electron chi connectivity index (χ0n) is 15.7. The molecule has 1 aliphatic rings. The lowest BCUT2D eigenvalue weighted by molar-refractivity contribution is 0.428. The van der Waals surface area contributed by atoms with Gasteiger partial charge in [0.2, 0.25) is 0 Å². The maximum atomic E-state index is 14.3. The minimum absolute atomic E-state index is 0.208. The van der Waals surface area contributed by atoms with E-state index in [-0.39, 0.29) is 10.6 Å². The van der Waals surface area contributed by atoms with Crippen molar-refractivity contribution >= 4 is 27.6 Å². The number of aliphatic imine (C=N–C) groups is 1. The van der Waals surface area contributed by atoms with E-state index in [1.807, 2.05) is 11.8 Å². The summed E-state index contributed by atoms with van der Waals surface area (Å²) in [4.78, 5) is 14.7. The molecule has 0 fully saturated rings. The summed E-state index contributed by atoms with van der Waals surface area (Å²) < 4.78 is 43.8. The van der Waals surface area contributed by atoms with E-state index in [1.165, 1.54) is 12.1 Å². The van der Waals surface area contributed by atoms with Gasteiger partial charge in [-0.1, -0.05) is 6.07 Å². The average molecular weight is 412 g/mol. The first-order valence-corrected chi connectivity index (χ1v) is 10.6.